The molecule has 2 aromatic carbocycles. The fourth-order valence-corrected chi connectivity index (χ4v) is 3.37. The van der Waals surface area contributed by atoms with Gasteiger partial charge in [-0.2, -0.15) is 15.6 Å². The molecule has 0 saturated carbocycles. The molecule has 0 spiro atoms. The van der Waals surface area contributed by atoms with Crippen molar-refractivity contribution >= 4 is 11.6 Å². The highest BCUT2D eigenvalue weighted by Crippen LogP contribution is 2.37. The van der Waals surface area contributed by atoms with Crippen molar-refractivity contribution in [3.8, 4) is 12.1 Å². The first-order chi connectivity index (χ1) is 12.7. The summed E-state index contributed by atoms with van der Waals surface area (Å²) in [7, 11) is 0. The van der Waals surface area contributed by atoms with Crippen LogP contribution >= 0.6 is 0 Å². The number of hydrogen-bond donors (Lipinski definition) is 0. The zero-order valence-corrected chi connectivity index (χ0v) is 14.4. The molecule has 1 aliphatic heterocycles. The van der Waals surface area contributed by atoms with E-state index >= 15 is 0 Å². The summed E-state index contributed by atoms with van der Waals surface area (Å²) in [5, 5.41) is 24.8. The lowest BCUT2D eigenvalue weighted by molar-refractivity contribution is -0.133. The second-order valence-corrected chi connectivity index (χ2v) is 6.27. The van der Waals surface area contributed by atoms with Crippen molar-refractivity contribution in [3.05, 3.63) is 71.8 Å². The maximum Gasteiger partial charge on any atom is 0.252 e. The molecule has 128 valence electrons. The Morgan fingerprint density at radius 3 is 2.19 bits per heavy atom. The molecule has 0 N–H and O–H groups in total. The van der Waals surface area contributed by atoms with Crippen molar-refractivity contribution in [1.29, 1.82) is 10.5 Å². The third kappa shape index (κ3) is 3.34. The molecule has 1 aliphatic rings. The van der Waals surface area contributed by atoms with Gasteiger partial charge < -0.3 is 0 Å². The number of nitriles is 2. The average molecular weight is 342 g/mol. The van der Waals surface area contributed by atoms with Crippen LogP contribution in [0.5, 0.6) is 0 Å². The number of carbonyl (C=O) groups is 1. The maximum absolute atomic E-state index is 13.1. The number of hydrazone groups is 1. The summed E-state index contributed by atoms with van der Waals surface area (Å²) in [5.41, 5.74) is 2.41. The first-order valence-corrected chi connectivity index (χ1v) is 8.40. The van der Waals surface area contributed by atoms with Gasteiger partial charge in [-0.1, -0.05) is 60.7 Å². The molecule has 0 aliphatic carbocycles. The van der Waals surface area contributed by atoms with Gasteiger partial charge in [-0.15, -0.1) is 0 Å². The molecule has 1 amide bonds. The zero-order chi connectivity index (χ0) is 18.5. The van der Waals surface area contributed by atoms with Crippen LogP contribution in [0.25, 0.3) is 0 Å². The standard InChI is InChI=1S/C21H18N4O/c1-15-19(20(18(12-22)13-23)17-10-6-3-7-11-17)21(26)25(24-15)14-16-8-4-2-5-9-16/h2-11,18-20H,14H2,1H3/t19-,20+/m1/s1. The second kappa shape index (κ2) is 7.63. The maximum atomic E-state index is 13.1. The number of rotatable bonds is 5. The summed E-state index contributed by atoms with van der Waals surface area (Å²) in [6.07, 6.45) is 0. The van der Waals surface area contributed by atoms with Gasteiger partial charge in [0.15, 0.2) is 0 Å². The third-order valence-corrected chi connectivity index (χ3v) is 4.61. The van der Waals surface area contributed by atoms with Crippen LogP contribution in [0.2, 0.25) is 0 Å². The van der Waals surface area contributed by atoms with Gasteiger partial charge in [0.05, 0.1) is 24.6 Å². The summed E-state index contributed by atoms with van der Waals surface area (Å²) >= 11 is 0. The zero-order valence-electron chi connectivity index (χ0n) is 14.4. The largest absolute Gasteiger partial charge is 0.272 e. The van der Waals surface area contributed by atoms with Crippen molar-refractivity contribution < 1.29 is 4.79 Å². The molecule has 2 atom stereocenters. The second-order valence-electron chi connectivity index (χ2n) is 6.27. The molecule has 26 heavy (non-hydrogen) atoms. The van der Waals surface area contributed by atoms with Crippen LogP contribution in [0, 0.1) is 34.5 Å². The van der Waals surface area contributed by atoms with Gasteiger partial charge in [0.1, 0.15) is 5.92 Å². The van der Waals surface area contributed by atoms with Crippen LogP contribution in [0.1, 0.15) is 24.0 Å². The van der Waals surface area contributed by atoms with E-state index in [1.807, 2.05) is 72.8 Å². The van der Waals surface area contributed by atoms with E-state index in [9.17, 15) is 15.3 Å². The lowest BCUT2D eigenvalue weighted by Crippen LogP contribution is -2.34. The molecule has 0 aromatic heterocycles. The summed E-state index contributed by atoms with van der Waals surface area (Å²) in [4.78, 5) is 13.1. The molecule has 0 fully saturated rings. The van der Waals surface area contributed by atoms with Crippen molar-refractivity contribution in [3.63, 3.8) is 0 Å². The Morgan fingerprint density at radius 2 is 1.62 bits per heavy atom. The van der Waals surface area contributed by atoms with Crippen molar-refractivity contribution in [2.24, 2.45) is 16.9 Å². The number of hydrogen-bond acceptors (Lipinski definition) is 4. The predicted molar refractivity (Wildman–Crippen MR) is 97.5 cm³/mol. The first-order valence-electron chi connectivity index (χ1n) is 8.40. The topological polar surface area (TPSA) is 80.2 Å². The van der Waals surface area contributed by atoms with Crippen LogP contribution in [-0.2, 0) is 11.3 Å². The summed E-state index contributed by atoms with van der Waals surface area (Å²) in [6, 6.07) is 23.0. The monoisotopic (exact) mass is 342 g/mol. The molecular weight excluding hydrogens is 324 g/mol. The summed E-state index contributed by atoms with van der Waals surface area (Å²) in [5.74, 6) is -2.24. The Balaban J connectivity index is 1.93. The van der Waals surface area contributed by atoms with Gasteiger partial charge in [0, 0.05) is 11.6 Å². The SMILES string of the molecule is CC1=NN(Cc2ccccc2)C(=O)[C@H]1[C@@H](c1ccccc1)C(C#N)C#N. The Bertz CT molecular complexity index is 879. The highest BCUT2D eigenvalue weighted by molar-refractivity contribution is 6.07. The average Bonchev–Trinajstić information content (AvgIpc) is 2.94. The Morgan fingerprint density at radius 1 is 1.04 bits per heavy atom. The minimum atomic E-state index is -0.923. The number of nitrogens with zero attached hydrogens (tertiary/aromatic N) is 4. The lowest BCUT2D eigenvalue weighted by atomic mass is 9.76. The van der Waals surface area contributed by atoms with Crippen LogP contribution in [0.3, 0.4) is 0 Å². The number of carbonyl (C=O) groups excluding carboxylic acids is 1. The fraction of sp³-hybridized carbons (Fsp3) is 0.238. The number of amides is 1. The van der Waals surface area contributed by atoms with Crippen molar-refractivity contribution in [1.82, 2.24) is 5.01 Å². The van der Waals surface area contributed by atoms with E-state index in [0.717, 1.165) is 11.1 Å². The highest BCUT2D eigenvalue weighted by atomic mass is 16.2. The molecule has 5 heteroatoms. The number of benzene rings is 2. The van der Waals surface area contributed by atoms with Crippen molar-refractivity contribution in [2.45, 2.75) is 19.4 Å². The molecule has 0 radical (unpaired) electrons. The van der Waals surface area contributed by atoms with E-state index in [1.54, 1.807) is 6.92 Å². The van der Waals surface area contributed by atoms with E-state index < -0.39 is 17.8 Å². The molecule has 5 nitrogen and oxygen atoms in total. The molecule has 0 bridgehead atoms. The molecule has 1 heterocycles. The Labute approximate surface area is 152 Å². The minimum Gasteiger partial charge on any atom is -0.272 e. The molecule has 0 unspecified atom stereocenters. The van der Waals surface area contributed by atoms with E-state index in [-0.39, 0.29) is 5.91 Å². The van der Waals surface area contributed by atoms with Crippen LogP contribution in [-0.4, -0.2) is 16.6 Å². The smallest absolute Gasteiger partial charge is 0.252 e. The Hall–Kier alpha value is -3.44. The summed E-state index contributed by atoms with van der Waals surface area (Å²) in [6.45, 7) is 2.16. The van der Waals surface area contributed by atoms with E-state index in [1.165, 1.54) is 5.01 Å². The first kappa shape index (κ1) is 17.4. The molecular formula is C21H18N4O. The quantitative estimate of drug-likeness (QED) is 0.834. The third-order valence-electron chi connectivity index (χ3n) is 4.61. The Kier molecular flexibility index (Phi) is 5.10. The molecule has 2 aromatic rings. The van der Waals surface area contributed by atoms with Gasteiger partial charge in [-0.25, -0.2) is 5.01 Å². The van der Waals surface area contributed by atoms with Crippen LogP contribution in [0.15, 0.2) is 65.8 Å². The van der Waals surface area contributed by atoms with Crippen molar-refractivity contribution in [2.75, 3.05) is 0 Å². The lowest BCUT2D eigenvalue weighted by Gasteiger charge is -2.24. The fourth-order valence-electron chi connectivity index (χ4n) is 3.37. The highest BCUT2D eigenvalue weighted by Gasteiger charge is 2.43. The predicted octanol–water partition coefficient (Wildman–Crippen LogP) is 3.47. The minimum absolute atomic E-state index is 0.171. The van der Waals surface area contributed by atoms with Crippen LogP contribution in [0.4, 0.5) is 0 Å². The van der Waals surface area contributed by atoms with Gasteiger partial charge in [-0.3, -0.25) is 4.79 Å². The van der Waals surface area contributed by atoms with E-state index in [2.05, 4.69) is 5.10 Å². The van der Waals surface area contributed by atoms with Crippen LogP contribution < -0.4 is 0 Å². The van der Waals surface area contributed by atoms with E-state index in [0.29, 0.717) is 12.3 Å². The van der Waals surface area contributed by atoms with Gasteiger partial charge in [-0.05, 0) is 18.1 Å². The molecule has 0 saturated heterocycles. The normalized spacial score (nSPS) is 17.5. The van der Waals surface area contributed by atoms with Gasteiger partial charge in [0.2, 0.25) is 0 Å². The van der Waals surface area contributed by atoms with E-state index in [4.69, 9.17) is 0 Å². The van der Waals surface area contributed by atoms with Gasteiger partial charge in [0.25, 0.3) is 5.91 Å². The summed E-state index contributed by atoms with van der Waals surface area (Å²) < 4.78 is 0. The molecule has 3 rings (SSSR count). The van der Waals surface area contributed by atoms with Gasteiger partial charge >= 0.3 is 0 Å².